The van der Waals surface area contributed by atoms with E-state index in [0.29, 0.717) is 0 Å². The van der Waals surface area contributed by atoms with Crippen LogP contribution in [-0.2, 0) is 0 Å². The SMILES string of the molecule is CSc1nc(-c2ccc([C@@H](C)O)cc2)cn2c(-c3ccc(C4=CN=C(C5CC5)C4)cc3)cnc12. The van der Waals surface area contributed by atoms with Crippen molar-refractivity contribution < 1.29 is 5.11 Å². The van der Waals surface area contributed by atoms with Crippen LogP contribution in [0.15, 0.2) is 77.1 Å². The molecule has 34 heavy (non-hydrogen) atoms. The van der Waals surface area contributed by atoms with Gasteiger partial charge in [0.2, 0.25) is 0 Å². The summed E-state index contributed by atoms with van der Waals surface area (Å²) in [5.41, 5.74) is 9.70. The number of allylic oxidation sites excluding steroid dienone is 1. The van der Waals surface area contributed by atoms with E-state index in [4.69, 9.17) is 9.97 Å². The molecule has 0 unspecified atom stereocenters. The van der Waals surface area contributed by atoms with Crippen LogP contribution in [0, 0.1) is 5.92 Å². The van der Waals surface area contributed by atoms with Gasteiger partial charge in [0.15, 0.2) is 5.65 Å². The number of hydrogen-bond donors (Lipinski definition) is 1. The molecule has 1 fully saturated rings. The van der Waals surface area contributed by atoms with E-state index in [-0.39, 0.29) is 0 Å². The summed E-state index contributed by atoms with van der Waals surface area (Å²) in [5.74, 6) is 0.725. The first-order chi connectivity index (χ1) is 16.6. The second-order valence-corrected chi connectivity index (χ2v) is 9.87. The number of nitrogens with zero attached hydrogens (tertiary/aromatic N) is 4. The van der Waals surface area contributed by atoms with Crippen molar-refractivity contribution in [3.05, 3.63) is 78.3 Å². The Hall–Kier alpha value is -3.22. The fourth-order valence-electron chi connectivity index (χ4n) is 4.53. The zero-order valence-electron chi connectivity index (χ0n) is 19.3. The van der Waals surface area contributed by atoms with Crippen LogP contribution >= 0.6 is 11.8 Å². The Kier molecular flexibility index (Phi) is 5.35. The minimum absolute atomic E-state index is 0.485. The van der Waals surface area contributed by atoms with Gasteiger partial charge in [-0.2, -0.15) is 0 Å². The highest BCUT2D eigenvalue weighted by Crippen LogP contribution is 2.38. The van der Waals surface area contributed by atoms with Gasteiger partial charge in [-0.1, -0.05) is 48.5 Å². The monoisotopic (exact) mass is 466 g/mol. The molecule has 170 valence electrons. The number of rotatable bonds is 6. The van der Waals surface area contributed by atoms with E-state index in [1.165, 1.54) is 29.7 Å². The van der Waals surface area contributed by atoms with Crippen LogP contribution in [0.4, 0.5) is 0 Å². The summed E-state index contributed by atoms with van der Waals surface area (Å²) in [5, 5.41) is 10.7. The maximum Gasteiger partial charge on any atom is 0.170 e. The van der Waals surface area contributed by atoms with Gasteiger partial charge in [0.1, 0.15) is 5.03 Å². The van der Waals surface area contributed by atoms with Crippen LogP contribution in [0.3, 0.4) is 0 Å². The summed E-state index contributed by atoms with van der Waals surface area (Å²) in [7, 11) is 0. The number of aliphatic imine (C=N–C) groups is 1. The molecule has 1 saturated carbocycles. The standard InChI is InChI=1S/C28H26N4OS/c1-17(33)18-3-7-21(8-4-18)25-16-32-26(15-30-27(32)28(31-25)34-2)22-11-5-19(6-12-22)23-13-24(29-14-23)20-9-10-20/h3-8,11-12,14-17,20,33H,9-10,13H2,1-2H3/t17-/m1/s1. The number of hydrogen-bond acceptors (Lipinski definition) is 5. The number of thioether (sulfide) groups is 1. The molecule has 2 aromatic carbocycles. The molecule has 5 nitrogen and oxygen atoms in total. The van der Waals surface area contributed by atoms with Gasteiger partial charge in [0.25, 0.3) is 0 Å². The Balaban J connectivity index is 1.34. The number of imidazole rings is 1. The molecule has 6 heteroatoms. The largest absolute Gasteiger partial charge is 0.389 e. The van der Waals surface area contributed by atoms with Crippen molar-refractivity contribution in [3.8, 4) is 22.5 Å². The van der Waals surface area contributed by atoms with E-state index in [0.717, 1.165) is 51.1 Å². The van der Waals surface area contributed by atoms with Gasteiger partial charge in [-0.3, -0.25) is 9.39 Å². The van der Waals surface area contributed by atoms with E-state index in [2.05, 4.69) is 39.9 Å². The average molecular weight is 467 g/mol. The summed E-state index contributed by atoms with van der Waals surface area (Å²) < 4.78 is 2.13. The lowest BCUT2D eigenvalue weighted by atomic mass is 9.99. The van der Waals surface area contributed by atoms with Gasteiger partial charge in [-0.05, 0) is 48.6 Å². The fraction of sp³-hybridized carbons (Fsp3) is 0.250. The van der Waals surface area contributed by atoms with Crippen molar-refractivity contribution in [3.63, 3.8) is 0 Å². The number of aliphatic hydroxyl groups is 1. The van der Waals surface area contributed by atoms with E-state index in [1.807, 2.05) is 42.9 Å². The van der Waals surface area contributed by atoms with E-state index in [9.17, 15) is 5.11 Å². The molecule has 1 N–H and O–H groups in total. The highest BCUT2D eigenvalue weighted by molar-refractivity contribution is 7.98. The average Bonchev–Trinajstić information content (AvgIpc) is 3.44. The van der Waals surface area contributed by atoms with Crippen molar-refractivity contribution in [1.29, 1.82) is 0 Å². The van der Waals surface area contributed by atoms with Crippen molar-refractivity contribution >= 4 is 28.7 Å². The van der Waals surface area contributed by atoms with Crippen molar-refractivity contribution in [2.75, 3.05) is 6.26 Å². The van der Waals surface area contributed by atoms with Crippen LogP contribution in [-0.4, -0.2) is 31.4 Å². The number of aromatic nitrogens is 3. The molecule has 3 heterocycles. The third-order valence-electron chi connectivity index (χ3n) is 6.70. The highest BCUT2D eigenvalue weighted by Gasteiger charge is 2.29. The third kappa shape index (κ3) is 3.87. The second kappa shape index (κ2) is 8.53. The lowest BCUT2D eigenvalue weighted by molar-refractivity contribution is 0.199. The van der Waals surface area contributed by atoms with Crippen LogP contribution in [0.25, 0.3) is 33.7 Å². The molecular weight excluding hydrogens is 440 g/mol. The smallest absolute Gasteiger partial charge is 0.170 e. The summed E-state index contributed by atoms with van der Waals surface area (Å²) in [6, 6.07) is 16.7. The predicted octanol–water partition coefficient (Wildman–Crippen LogP) is 6.43. The first kappa shape index (κ1) is 21.3. The Morgan fingerprint density at radius 1 is 1.00 bits per heavy atom. The van der Waals surface area contributed by atoms with Gasteiger partial charge in [-0.25, -0.2) is 9.97 Å². The zero-order chi connectivity index (χ0) is 23.2. The molecule has 2 aromatic heterocycles. The summed E-state index contributed by atoms with van der Waals surface area (Å²) >= 11 is 1.60. The van der Waals surface area contributed by atoms with E-state index < -0.39 is 6.10 Å². The molecular formula is C28H26N4OS. The molecule has 0 radical (unpaired) electrons. The maximum absolute atomic E-state index is 9.83. The zero-order valence-corrected chi connectivity index (χ0v) is 20.1. The van der Waals surface area contributed by atoms with E-state index in [1.54, 1.807) is 18.7 Å². The van der Waals surface area contributed by atoms with Crippen LogP contribution < -0.4 is 0 Å². The molecule has 1 atom stereocenters. The number of aliphatic hydroxyl groups excluding tert-OH is 1. The van der Waals surface area contributed by atoms with Gasteiger partial charge >= 0.3 is 0 Å². The Labute approximate surface area is 203 Å². The van der Waals surface area contributed by atoms with Crippen LogP contribution in [0.2, 0.25) is 0 Å². The highest BCUT2D eigenvalue weighted by atomic mass is 32.2. The summed E-state index contributed by atoms with van der Waals surface area (Å²) in [4.78, 5) is 14.2. The van der Waals surface area contributed by atoms with Crippen molar-refractivity contribution in [1.82, 2.24) is 14.4 Å². The molecule has 2 aliphatic rings. The molecule has 0 spiro atoms. The lowest BCUT2D eigenvalue weighted by Gasteiger charge is -2.10. The molecule has 6 rings (SSSR count). The normalized spacial score (nSPS) is 16.6. The summed E-state index contributed by atoms with van der Waals surface area (Å²) in [6.45, 7) is 1.77. The molecule has 4 aromatic rings. The topological polar surface area (TPSA) is 62.8 Å². The van der Waals surface area contributed by atoms with Crippen LogP contribution in [0.1, 0.15) is 43.4 Å². The fourth-order valence-corrected chi connectivity index (χ4v) is 5.05. The van der Waals surface area contributed by atoms with Gasteiger partial charge < -0.3 is 5.11 Å². The minimum Gasteiger partial charge on any atom is -0.389 e. The molecule has 0 bridgehead atoms. The Morgan fingerprint density at radius 3 is 2.38 bits per heavy atom. The van der Waals surface area contributed by atoms with Gasteiger partial charge in [-0.15, -0.1) is 11.8 Å². The Morgan fingerprint density at radius 2 is 1.71 bits per heavy atom. The lowest BCUT2D eigenvalue weighted by Crippen LogP contribution is -1.98. The first-order valence-corrected chi connectivity index (χ1v) is 12.9. The Bertz CT molecular complexity index is 1430. The van der Waals surface area contributed by atoms with Gasteiger partial charge in [0.05, 0.1) is 23.7 Å². The van der Waals surface area contributed by atoms with Crippen molar-refractivity contribution in [2.45, 2.75) is 37.3 Å². The first-order valence-electron chi connectivity index (χ1n) is 11.7. The predicted molar refractivity (Wildman–Crippen MR) is 139 cm³/mol. The second-order valence-electron chi connectivity index (χ2n) is 9.07. The quantitative estimate of drug-likeness (QED) is 0.332. The molecule has 0 amide bonds. The summed E-state index contributed by atoms with van der Waals surface area (Å²) in [6.07, 6.45) is 11.1. The maximum atomic E-state index is 9.83. The number of fused-ring (bicyclic) bond motifs is 1. The number of benzene rings is 2. The van der Waals surface area contributed by atoms with Gasteiger partial charge in [0, 0.05) is 35.7 Å². The molecule has 0 saturated heterocycles. The molecule has 1 aliphatic heterocycles. The minimum atomic E-state index is -0.485. The third-order valence-corrected chi connectivity index (χ3v) is 7.36. The van der Waals surface area contributed by atoms with Crippen molar-refractivity contribution in [2.24, 2.45) is 10.9 Å². The van der Waals surface area contributed by atoms with E-state index >= 15 is 0 Å². The van der Waals surface area contributed by atoms with Crippen LogP contribution in [0.5, 0.6) is 0 Å². The molecule has 1 aliphatic carbocycles.